The average Bonchev–Trinajstić information content (AvgIpc) is 2.42. The Kier molecular flexibility index (Phi) is 3.83. The Morgan fingerprint density at radius 2 is 1.60 bits per heavy atom. The monoisotopic (exact) mass is 328 g/mol. The normalized spacial score (nSPS) is 21.2. The first kappa shape index (κ1) is 14.0. The third-order valence-corrected chi connectivity index (χ3v) is 4.16. The molecule has 104 valence electrons. The molecule has 0 spiro atoms. The van der Waals surface area contributed by atoms with Crippen molar-refractivity contribution in [2.75, 3.05) is 0 Å². The molecule has 2 aromatic carbocycles. The molecule has 0 amide bonds. The average molecular weight is 330 g/mol. The smallest absolute Gasteiger partial charge is 0.128 e. The summed E-state index contributed by atoms with van der Waals surface area (Å²) in [6.45, 7) is 0. The molecule has 5 heteroatoms. The van der Waals surface area contributed by atoms with Gasteiger partial charge in [0.25, 0.3) is 0 Å². The second-order valence-corrected chi connectivity index (χ2v) is 5.99. The van der Waals surface area contributed by atoms with Gasteiger partial charge < -0.3 is 9.84 Å². The summed E-state index contributed by atoms with van der Waals surface area (Å²) in [6.07, 6.45) is -0.560. The number of halogens is 3. The van der Waals surface area contributed by atoms with Crippen molar-refractivity contribution in [1.29, 1.82) is 0 Å². The van der Waals surface area contributed by atoms with Crippen LogP contribution < -0.4 is 4.74 Å². The van der Waals surface area contributed by atoms with Gasteiger partial charge in [0.2, 0.25) is 0 Å². The zero-order valence-electron chi connectivity index (χ0n) is 10.3. The van der Waals surface area contributed by atoms with Gasteiger partial charge in [0.15, 0.2) is 0 Å². The van der Waals surface area contributed by atoms with Gasteiger partial charge in [0.1, 0.15) is 11.9 Å². The highest BCUT2D eigenvalue weighted by Crippen LogP contribution is 2.43. The SMILES string of the molecule is O[C@H]1CC(c2cc(Cl)ccc2Cl)Oc2ccc(Cl)cc21. The van der Waals surface area contributed by atoms with Crippen LogP contribution in [0.4, 0.5) is 0 Å². The van der Waals surface area contributed by atoms with Gasteiger partial charge in [-0.05, 0) is 36.4 Å². The van der Waals surface area contributed by atoms with E-state index in [9.17, 15) is 5.11 Å². The predicted octanol–water partition coefficient (Wildman–Crippen LogP) is 5.20. The van der Waals surface area contributed by atoms with E-state index in [2.05, 4.69) is 0 Å². The van der Waals surface area contributed by atoms with E-state index in [0.29, 0.717) is 32.8 Å². The Balaban J connectivity index is 1.99. The van der Waals surface area contributed by atoms with Crippen molar-refractivity contribution in [3.8, 4) is 5.75 Å². The molecule has 2 atom stereocenters. The molecule has 0 aromatic heterocycles. The molecule has 0 aliphatic carbocycles. The molecular formula is C15H11Cl3O2. The molecule has 2 aromatic rings. The molecule has 0 radical (unpaired) electrons. The van der Waals surface area contributed by atoms with Gasteiger partial charge in [0, 0.05) is 32.6 Å². The minimum absolute atomic E-state index is 0.329. The highest BCUT2D eigenvalue weighted by Gasteiger charge is 2.29. The number of hydrogen-bond acceptors (Lipinski definition) is 2. The van der Waals surface area contributed by atoms with Crippen molar-refractivity contribution in [2.24, 2.45) is 0 Å². The van der Waals surface area contributed by atoms with Crippen LogP contribution in [0.15, 0.2) is 36.4 Å². The lowest BCUT2D eigenvalue weighted by molar-refractivity contribution is 0.0658. The molecule has 1 aliphatic rings. The summed E-state index contributed by atoms with van der Waals surface area (Å²) < 4.78 is 5.92. The van der Waals surface area contributed by atoms with Crippen molar-refractivity contribution >= 4 is 34.8 Å². The first-order valence-corrected chi connectivity index (χ1v) is 7.27. The lowest BCUT2D eigenvalue weighted by Crippen LogP contribution is -2.19. The van der Waals surface area contributed by atoms with E-state index >= 15 is 0 Å². The molecule has 20 heavy (non-hydrogen) atoms. The highest BCUT2D eigenvalue weighted by molar-refractivity contribution is 6.33. The largest absolute Gasteiger partial charge is 0.485 e. The van der Waals surface area contributed by atoms with Gasteiger partial charge in [-0.2, -0.15) is 0 Å². The summed E-state index contributed by atoms with van der Waals surface area (Å²) in [5.41, 5.74) is 1.48. The Morgan fingerprint density at radius 1 is 0.950 bits per heavy atom. The molecule has 1 aliphatic heterocycles. The van der Waals surface area contributed by atoms with Crippen LogP contribution in [-0.2, 0) is 0 Å². The number of aliphatic hydroxyl groups excluding tert-OH is 1. The number of hydrogen-bond donors (Lipinski definition) is 1. The van der Waals surface area contributed by atoms with Crippen LogP contribution in [0.3, 0.4) is 0 Å². The van der Waals surface area contributed by atoms with E-state index in [1.165, 1.54) is 0 Å². The molecule has 1 unspecified atom stereocenters. The quantitative estimate of drug-likeness (QED) is 0.779. The minimum atomic E-state index is -0.641. The maximum Gasteiger partial charge on any atom is 0.128 e. The fourth-order valence-electron chi connectivity index (χ4n) is 2.37. The standard InChI is InChI=1S/C15H11Cl3O2/c16-8-1-3-12(18)10(5-8)15-7-13(19)11-6-9(17)2-4-14(11)20-15/h1-6,13,15,19H,7H2/t13-,15?/m0/s1. The lowest BCUT2D eigenvalue weighted by Gasteiger charge is -2.30. The summed E-state index contributed by atoms with van der Waals surface area (Å²) in [4.78, 5) is 0. The van der Waals surface area contributed by atoms with Crippen LogP contribution in [-0.4, -0.2) is 5.11 Å². The number of fused-ring (bicyclic) bond motifs is 1. The van der Waals surface area contributed by atoms with Gasteiger partial charge in [-0.25, -0.2) is 0 Å². The molecule has 0 fully saturated rings. The van der Waals surface area contributed by atoms with E-state index in [1.54, 1.807) is 36.4 Å². The summed E-state index contributed by atoms with van der Waals surface area (Å²) in [7, 11) is 0. The van der Waals surface area contributed by atoms with Gasteiger partial charge in [-0.15, -0.1) is 0 Å². The molecule has 0 saturated heterocycles. The zero-order valence-corrected chi connectivity index (χ0v) is 12.6. The molecule has 1 N–H and O–H groups in total. The zero-order chi connectivity index (χ0) is 14.3. The van der Waals surface area contributed by atoms with Gasteiger partial charge in [-0.3, -0.25) is 0 Å². The Bertz CT molecular complexity index is 658. The van der Waals surface area contributed by atoms with E-state index in [-0.39, 0.29) is 6.10 Å². The summed E-state index contributed by atoms with van der Waals surface area (Å²) in [6, 6.07) is 10.4. The lowest BCUT2D eigenvalue weighted by atomic mass is 9.95. The summed E-state index contributed by atoms with van der Waals surface area (Å²) in [5.74, 6) is 0.620. The van der Waals surface area contributed by atoms with Crippen molar-refractivity contribution in [2.45, 2.75) is 18.6 Å². The fraction of sp³-hybridized carbons (Fsp3) is 0.200. The molecule has 0 saturated carbocycles. The van der Waals surface area contributed by atoms with Crippen LogP contribution >= 0.6 is 34.8 Å². The van der Waals surface area contributed by atoms with E-state index in [4.69, 9.17) is 39.5 Å². The number of ether oxygens (including phenoxy) is 1. The first-order valence-electron chi connectivity index (χ1n) is 6.13. The molecule has 2 nitrogen and oxygen atoms in total. The van der Waals surface area contributed by atoms with Crippen LogP contribution in [0.5, 0.6) is 5.75 Å². The molecular weight excluding hydrogens is 319 g/mol. The van der Waals surface area contributed by atoms with Gasteiger partial charge in [-0.1, -0.05) is 34.8 Å². The minimum Gasteiger partial charge on any atom is -0.485 e. The third-order valence-electron chi connectivity index (χ3n) is 3.34. The number of aliphatic hydroxyl groups is 1. The Morgan fingerprint density at radius 3 is 2.35 bits per heavy atom. The van der Waals surface area contributed by atoms with E-state index in [0.717, 1.165) is 5.56 Å². The van der Waals surface area contributed by atoms with Crippen LogP contribution in [0.25, 0.3) is 0 Å². The second kappa shape index (κ2) is 5.45. The molecule has 0 bridgehead atoms. The fourth-order valence-corrected chi connectivity index (χ4v) is 2.97. The predicted molar refractivity (Wildman–Crippen MR) is 80.9 cm³/mol. The highest BCUT2D eigenvalue weighted by atomic mass is 35.5. The summed E-state index contributed by atoms with van der Waals surface area (Å²) in [5, 5.41) is 12.0. The Hall–Kier alpha value is -0.930. The van der Waals surface area contributed by atoms with Crippen LogP contribution in [0.2, 0.25) is 15.1 Å². The first-order chi connectivity index (χ1) is 9.54. The van der Waals surface area contributed by atoms with Crippen LogP contribution in [0.1, 0.15) is 29.8 Å². The van der Waals surface area contributed by atoms with Crippen molar-refractivity contribution in [3.63, 3.8) is 0 Å². The molecule has 3 rings (SSSR count). The van der Waals surface area contributed by atoms with Crippen LogP contribution in [0, 0.1) is 0 Å². The van der Waals surface area contributed by atoms with Gasteiger partial charge >= 0.3 is 0 Å². The maximum atomic E-state index is 10.3. The summed E-state index contributed by atoms with van der Waals surface area (Å²) >= 11 is 18.1. The van der Waals surface area contributed by atoms with Crippen molar-refractivity contribution in [3.05, 3.63) is 62.6 Å². The number of benzene rings is 2. The van der Waals surface area contributed by atoms with E-state index < -0.39 is 6.10 Å². The third kappa shape index (κ3) is 2.61. The molecule has 1 heterocycles. The van der Waals surface area contributed by atoms with Crippen molar-refractivity contribution < 1.29 is 9.84 Å². The van der Waals surface area contributed by atoms with E-state index in [1.807, 2.05) is 0 Å². The maximum absolute atomic E-state index is 10.3. The second-order valence-electron chi connectivity index (χ2n) is 4.71. The van der Waals surface area contributed by atoms with Gasteiger partial charge in [0.05, 0.1) is 6.10 Å². The van der Waals surface area contributed by atoms with Crippen molar-refractivity contribution in [1.82, 2.24) is 0 Å². The topological polar surface area (TPSA) is 29.5 Å². The number of rotatable bonds is 1. The Labute approximate surface area is 131 Å².